The molecule has 3 nitrogen and oxygen atoms in total. The summed E-state index contributed by atoms with van der Waals surface area (Å²) in [6.45, 7) is 12.2. The molecule has 0 amide bonds. The number of nitrogens with one attached hydrogen (secondary N) is 1. The van der Waals surface area contributed by atoms with Crippen LogP contribution in [0.15, 0.2) is 12.4 Å². The molecule has 0 aliphatic carbocycles. The van der Waals surface area contributed by atoms with Crippen molar-refractivity contribution in [1.82, 2.24) is 14.9 Å². The zero-order chi connectivity index (χ0) is 12.7. The molecule has 0 radical (unpaired) electrons. The summed E-state index contributed by atoms with van der Waals surface area (Å²) in [5.41, 5.74) is 0.426. The summed E-state index contributed by atoms with van der Waals surface area (Å²) in [6.07, 6.45) is 7.44. The summed E-state index contributed by atoms with van der Waals surface area (Å²) in [5.74, 6) is 1.21. The smallest absolute Gasteiger partial charge is 0.108 e. The molecule has 1 rings (SSSR count). The lowest BCUT2D eigenvalue weighted by Gasteiger charge is -2.18. The Morgan fingerprint density at radius 2 is 2.06 bits per heavy atom. The molecule has 0 fully saturated rings. The van der Waals surface area contributed by atoms with Crippen LogP contribution in [0, 0.1) is 5.41 Å². The number of rotatable bonds is 7. The first-order chi connectivity index (χ1) is 8.03. The van der Waals surface area contributed by atoms with Gasteiger partial charge in [-0.2, -0.15) is 0 Å². The summed E-state index contributed by atoms with van der Waals surface area (Å²) in [6, 6.07) is 0. The predicted octanol–water partition coefficient (Wildman–Crippen LogP) is 2.86. The molecule has 0 saturated heterocycles. The third-order valence-electron chi connectivity index (χ3n) is 2.86. The number of aromatic nitrogens is 2. The van der Waals surface area contributed by atoms with Crippen LogP contribution in [0.25, 0.3) is 0 Å². The molecule has 0 bridgehead atoms. The van der Waals surface area contributed by atoms with E-state index in [0.717, 1.165) is 32.5 Å². The zero-order valence-electron chi connectivity index (χ0n) is 11.8. The fourth-order valence-electron chi connectivity index (χ4n) is 1.78. The quantitative estimate of drug-likeness (QED) is 0.739. The molecule has 0 atom stereocenters. The lowest BCUT2D eigenvalue weighted by Crippen LogP contribution is -2.24. The third kappa shape index (κ3) is 5.87. The van der Waals surface area contributed by atoms with E-state index in [1.54, 1.807) is 0 Å². The Bertz CT molecular complexity index is 310. The molecule has 0 aromatic carbocycles. The minimum atomic E-state index is 0.426. The number of nitrogens with zero attached hydrogens (tertiary/aromatic N) is 2. The highest BCUT2D eigenvalue weighted by Gasteiger charge is 2.08. The number of hydrogen-bond acceptors (Lipinski definition) is 2. The Hall–Kier alpha value is -0.830. The molecular weight excluding hydrogens is 210 g/mol. The molecule has 0 spiro atoms. The van der Waals surface area contributed by atoms with Crippen LogP contribution in [-0.2, 0) is 13.0 Å². The maximum absolute atomic E-state index is 4.38. The van der Waals surface area contributed by atoms with Gasteiger partial charge in [0.2, 0.25) is 0 Å². The first-order valence-corrected chi connectivity index (χ1v) is 6.73. The minimum absolute atomic E-state index is 0.426. The topological polar surface area (TPSA) is 29.9 Å². The average Bonchev–Trinajstić information content (AvgIpc) is 2.64. The van der Waals surface area contributed by atoms with Gasteiger partial charge in [0.05, 0.1) is 0 Å². The summed E-state index contributed by atoms with van der Waals surface area (Å²) >= 11 is 0. The van der Waals surface area contributed by atoms with Crippen LogP contribution in [0.4, 0.5) is 0 Å². The Labute approximate surface area is 106 Å². The zero-order valence-corrected chi connectivity index (χ0v) is 11.8. The van der Waals surface area contributed by atoms with E-state index in [9.17, 15) is 0 Å². The number of imidazole rings is 1. The van der Waals surface area contributed by atoms with Gasteiger partial charge in [-0.1, -0.05) is 27.7 Å². The van der Waals surface area contributed by atoms with Crippen molar-refractivity contribution in [2.24, 2.45) is 5.41 Å². The van der Waals surface area contributed by atoms with Crippen LogP contribution < -0.4 is 5.32 Å². The first kappa shape index (κ1) is 14.2. The van der Waals surface area contributed by atoms with Crippen LogP contribution in [0.3, 0.4) is 0 Å². The standard InChI is InChI=1S/C14H27N3/c1-5-6-13-16-10-12-17(13)11-9-15-8-7-14(2,3)4/h10,12,15H,5-9,11H2,1-4H3. The SMILES string of the molecule is CCCc1nccn1CCNCCC(C)(C)C. The maximum Gasteiger partial charge on any atom is 0.108 e. The molecule has 1 heterocycles. The van der Waals surface area contributed by atoms with E-state index >= 15 is 0 Å². The van der Waals surface area contributed by atoms with Crippen molar-refractivity contribution in [2.45, 2.75) is 53.5 Å². The summed E-state index contributed by atoms with van der Waals surface area (Å²) < 4.78 is 2.26. The Balaban J connectivity index is 2.20. The number of aryl methyl sites for hydroxylation is 1. The van der Waals surface area contributed by atoms with Crippen molar-refractivity contribution in [1.29, 1.82) is 0 Å². The Kier molecular flexibility index (Phi) is 5.69. The van der Waals surface area contributed by atoms with Crippen molar-refractivity contribution < 1.29 is 0 Å². The normalized spacial score (nSPS) is 12.0. The van der Waals surface area contributed by atoms with Gasteiger partial charge in [-0.15, -0.1) is 0 Å². The van der Waals surface area contributed by atoms with Crippen LogP contribution in [0.1, 0.15) is 46.4 Å². The molecule has 3 heteroatoms. The lowest BCUT2D eigenvalue weighted by molar-refractivity contribution is 0.365. The molecule has 98 valence electrons. The van der Waals surface area contributed by atoms with Crippen LogP contribution >= 0.6 is 0 Å². The molecule has 0 saturated carbocycles. The lowest BCUT2D eigenvalue weighted by atomic mass is 9.92. The molecule has 1 aromatic rings. The van der Waals surface area contributed by atoms with Gasteiger partial charge in [-0.25, -0.2) is 4.98 Å². The second-order valence-corrected chi connectivity index (χ2v) is 5.85. The molecule has 0 unspecified atom stereocenters. The van der Waals surface area contributed by atoms with Crippen molar-refractivity contribution in [2.75, 3.05) is 13.1 Å². The molecule has 1 aromatic heterocycles. The van der Waals surface area contributed by atoms with Gasteiger partial charge < -0.3 is 9.88 Å². The molecule has 1 N–H and O–H groups in total. The van der Waals surface area contributed by atoms with E-state index in [1.807, 2.05) is 6.20 Å². The van der Waals surface area contributed by atoms with E-state index in [1.165, 1.54) is 12.2 Å². The first-order valence-electron chi connectivity index (χ1n) is 6.73. The Morgan fingerprint density at radius 3 is 2.71 bits per heavy atom. The summed E-state index contributed by atoms with van der Waals surface area (Å²) in [4.78, 5) is 4.38. The van der Waals surface area contributed by atoms with Crippen molar-refractivity contribution >= 4 is 0 Å². The fraction of sp³-hybridized carbons (Fsp3) is 0.786. The monoisotopic (exact) mass is 237 g/mol. The van der Waals surface area contributed by atoms with E-state index in [-0.39, 0.29) is 0 Å². The molecule has 17 heavy (non-hydrogen) atoms. The third-order valence-corrected chi connectivity index (χ3v) is 2.86. The maximum atomic E-state index is 4.38. The predicted molar refractivity (Wildman–Crippen MR) is 73.2 cm³/mol. The van der Waals surface area contributed by atoms with Gasteiger partial charge in [0.1, 0.15) is 5.82 Å². The average molecular weight is 237 g/mol. The van der Waals surface area contributed by atoms with Crippen molar-refractivity contribution in [3.05, 3.63) is 18.2 Å². The van der Waals surface area contributed by atoms with Crippen LogP contribution in [0.2, 0.25) is 0 Å². The highest BCUT2D eigenvalue weighted by Crippen LogP contribution is 2.16. The van der Waals surface area contributed by atoms with Gasteiger partial charge in [0.15, 0.2) is 0 Å². The molecular formula is C14H27N3. The molecule has 0 aliphatic heterocycles. The number of hydrogen-bond donors (Lipinski definition) is 1. The highest BCUT2D eigenvalue weighted by molar-refractivity contribution is 4.92. The van der Waals surface area contributed by atoms with Crippen molar-refractivity contribution in [3.8, 4) is 0 Å². The van der Waals surface area contributed by atoms with Crippen LogP contribution in [-0.4, -0.2) is 22.6 Å². The van der Waals surface area contributed by atoms with Crippen LogP contribution in [0.5, 0.6) is 0 Å². The fourth-order valence-corrected chi connectivity index (χ4v) is 1.78. The van der Waals surface area contributed by atoms with E-state index in [0.29, 0.717) is 5.41 Å². The minimum Gasteiger partial charge on any atom is -0.334 e. The molecule has 0 aliphatic rings. The largest absolute Gasteiger partial charge is 0.334 e. The van der Waals surface area contributed by atoms with Gasteiger partial charge in [0.25, 0.3) is 0 Å². The second-order valence-electron chi connectivity index (χ2n) is 5.85. The summed E-state index contributed by atoms with van der Waals surface area (Å²) in [5, 5.41) is 3.50. The van der Waals surface area contributed by atoms with E-state index in [4.69, 9.17) is 0 Å². The van der Waals surface area contributed by atoms with Gasteiger partial charge >= 0.3 is 0 Å². The highest BCUT2D eigenvalue weighted by atomic mass is 15.1. The van der Waals surface area contributed by atoms with Gasteiger partial charge in [-0.05, 0) is 24.8 Å². The van der Waals surface area contributed by atoms with Gasteiger partial charge in [-0.3, -0.25) is 0 Å². The van der Waals surface area contributed by atoms with E-state index < -0.39 is 0 Å². The second kappa shape index (κ2) is 6.80. The summed E-state index contributed by atoms with van der Waals surface area (Å²) in [7, 11) is 0. The van der Waals surface area contributed by atoms with Crippen molar-refractivity contribution in [3.63, 3.8) is 0 Å². The van der Waals surface area contributed by atoms with E-state index in [2.05, 4.69) is 48.8 Å². The van der Waals surface area contributed by atoms with Gasteiger partial charge in [0, 0.05) is 31.9 Å². The Morgan fingerprint density at radius 1 is 1.29 bits per heavy atom.